The van der Waals surface area contributed by atoms with Crippen molar-refractivity contribution < 1.29 is 0 Å². The molecule has 0 fully saturated rings. The first-order valence-corrected chi connectivity index (χ1v) is 5.96. The van der Waals surface area contributed by atoms with Gasteiger partial charge in [0.05, 0.1) is 18.1 Å². The molecule has 0 aliphatic heterocycles. The molecular weight excluding hydrogens is 264 g/mol. The zero-order valence-electron chi connectivity index (χ0n) is 9.42. The third-order valence-electron chi connectivity index (χ3n) is 2.34. The molecule has 0 atom stereocenters. The lowest BCUT2D eigenvalue weighted by molar-refractivity contribution is 0.643. The molecule has 2 nitrogen and oxygen atoms in total. The highest BCUT2D eigenvalue weighted by Gasteiger charge is 2.11. The van der Waals surface area contributed by atoms with Crippen LogP contribution in [0.5, 0.6) is 0 Å². The lowest BCUT2D eigenvalue weighted by Gasteiger charge is -2.12. The number of nitriles is 2. The molecule has 0 heterocycles. The Morgan fingerprint density at radius 1 is 1.31 bits per heavy atom. The predicted octanol–water partition coefficient (Wildman–Crippen LogP) is 3.59. The molecule has 1 rings (SSSR count). The zero-order chi connectivity index (χ0) is 12.1. The normalized spacial score (nSPS) is 9.88. The van der Waals surface area contributed by atoms with E-state index in [1.54, 1.807) is 0 Å². The number of hydrogen-bond donors (Lipinski definition) is 0. The van der Waals surface area contributed by atoms with Gasteiger partial charge in [-0.05, 0) is 45.5 Å². The van der Waals surface area contributed by atoms with Crippen LogP contribution in [0, 0.1) is 28.6 Å². The Morgan fingerprint density at radius 3 is 2.50 bits per heavy atom. The predicted molar refractivity (Wildman–Crippen MR) is 66.7 cm³/mol. The van der Waals surface area contributed by atoms with E-state index in [9.17, 15) is 0 Å². The first-order chi connectivity index (χ1) is 7.60. The van der Waals surface area contributed by atoms with Gasteiger partial charge in [0.25, 0.3) is 0 Å². The van der Waals surface area contributed by atoms with Crippen LogP contribution in [-0.2, 0) is 12.8 Å². The second-order valence-electron chi connectivity index (χ2n) is 4.11. The summed E-state index contributed by atoms with van der Waals surface area (Å²) in [5.41, 5.74) is 2.70. The van der Waals surface area contributed by atoms with E-state index in [1.165, 1.54) is 0 Å². The lowest BCUT2D eigenvalue weighted by Crippen LogP contribution is -2.01. The molecule has 0 N–H and O–H groups in total. The molecule has 0 aromatic heterocycles. The Kier molecular flexibility index (Phi) is 4.52. The molecule has 16 heavy (non-hydrogen) atoms. The van der Waals surface area contributed by atoms with Gasteiger partial charge in [0.2, 0.25) is 0 Å². The summed E-state index contributed by atoms with van der Waals surface area (Å²) in [5, 5.41) is 17.7. The Labute approximate surface area is 105 Å². The standard InChI is InChI=1S/C13H13BrN2/c1-9(2)7-10-3-4-11(8-16)13(14)12(10)5-6-15/h3-4,9H,5,7H2,1-2H3. The summed E-state index contributed by atoms with van der Waals surface area (Å²) in [6.45, 7) is 4.28. The van der Waals surface area contributed by atoms with Crippen LogP contribution in [0.4, 0.5) is 0 Å². The van der Waals surface area contributed by atoms with E-state index >= 15 is 0 Å². The first kappa shape index (κ1) is 12.7. The van der Waals surface area contributed by atoms with Crippen LogP contribution in [-0.4, -0.2) is 0 Å². The van der Waals surface area contributed by atoms with Gasteiger partial charge in [-0.3, -0.25) is 0 Å². The second kappa shape index (κ2) is 5.68. The Bertz CT molecular complexity index is 464. The van der Waals surface area contributed by atoms with Crippen LogP contribution >= 0.6 is 15.9 Å². The zero-order valence-corrected chi connectivity index (χ0v) is 11.0. The fourth-order valence-electron chi connectivity index (χ4n) is 1.65. The highest BCUT2D eigenvalue weighted by atomic mass is 79.9. The minimum absolute atomic E-state index is 0.345. The number of nitrogens with zero attached hydrogens (tertiary/aromatic N) is 2. The molecule has 1 aromatic rings. The molecule has 0 bridgehead atoms. The quantitative estimate of drug-likeness (QED) is 0.847. The summed E-state index contributed by atoms with van der Waals surface area (Å²) in [6, 6.07) is 8.03. The Morgan fingerprint density at radius 2 is 2.00 bits per heavy atom. The fourth-order valence-corrected chi connectivity index (χ4v) is 2.26. The Balaban J connectivity index is 3.25. The van der Waals surface area contributed by atoms with Crippen LogP contribution in [0.1, 0.15) is 30.5 Å². The van der Waals surface area contributed by atoms with Crippen LogP contribution in [0.25, 0.3) is 0 Å². The second-order valence-corrected chi connectivity index (χ2v) is 4.90. The SMILES string of the molecule is CC(C)Cc1ccc(C#N)c(Br)c1CC#N. The summed E-state index contributed by atoms with van der Waals surface area (Å²) >= 11 is 3.41. The molecule has 0 amide bonds. The van der Waals surface area contributed by atoms with Crippen molar-refractivity contribution in [3.63, 3.8) is 0 Å². The average Bonchev–Trinajstić information content (AvgIpc) is 2.23. The topological polar surface area (TPSA) is 47.6 Å². The maximum atomic E-state index is 8.92. The smallest absolute Gasteiger partial charge is 0.100 e. The van der Waals surface area contributed by atoms with E-state index in [1.807, 2.05) is 12.1 Å². The van der Waals surface area contributed by atoms with E-state index in [0.717, 1.165) is 22.0 Å². The van der Waals surface area contributed by atoms with Crippen molar-refractivity contribution in [3.8, 4) is 12.1 Å². The van der Waals surface area contributed by atoms with Crippen molar-refractivity contribution >= 4 is 15.9 Å². The summed E-state index contributed by atoms with van der Waals surface area (Å²) in [7, 11) is 0. The van der Waals surface area contributed by atoms with E-state index < -0.39 is 0 Å². The molecule has 82 valence electrons. The van der Waals surface area contributed by atoms with Crippen LogP contribution < -0.4 is 0 Å². The van der Waals surface area contributed by atoms with Crippen molar-refractivity contribution in [1.82, 2.24) is 0 Å². The van der Waals surface area contributed by atoms with Crippen molar-refractivity contribution in [1.29, 1.82) is 10.5 Å². The van der Waals surface area contributed by atoms with Crippen molar-refractivity contribution in [2.24, 2.45) is 5.92 Å². The molecule has 0 spiro atoms. The highest BCUT2D eigenvalue weighted by Crippen LogP contribution is 2.27. The molecule has 1 aromatic carbocycles. The third kappa shape index (κ3) is 2.84. The maximum absolute atomic E-state index is 8.92. The number of rotatable bonds is 3. The number of hydrogen-bond acceptors (Lipinski definition) is 2. The number of benzene rings is 1. The molecular formula is C13H13BrN2. The summed E-state index contributed by atoms with van der Waals surface area (Å²) in [5.74, 6) is 0.539. The van der Waals surface area contributed by atoms with Crippen LogP contribution in [0.15, 0.2) is 16.6 Å². The van der Waals surface area contributed by atoms with Gasteiger partial charge in [0, 0.05) is 4.47 Å². The van der Waals surface area contributed by atoms with Gasteiger partial charge in [-0.15, -0.1) is 0 Å². The van der Waals surface area contributed by atoms with E-state index in [2.05, 4.69) is 41.9 Å². The summed E-state index contributed by atoms with van der Waals surface area (Å²) < 4.78 is 0.773. The minimum Gasteiger partial charge on any atom is -0.198 e. The van der Waals surface area contributed by atoms with Crippen LogP contribution in [0.2, 0.25) is 0 Å². The molecule has 0 radical (unpaired) electrons. The van der Waals surface area contributed by atoms with Gasteiger partial charge in [0.15, 0.2) is 0 Å². The fraction of sp³-hybridized carbons (Fsp3) is 0.385. The minimum atomic E-state index is 0.345. The van der Waals surface area contributed by atoms with Crippen molar-refractivity contribution in [2.75, 3.05) is 0 Å². The maximum Gasteiger partial charge on any atom is 0.100 e. The molecule has 0 aliphatic rings. The average molecular weight is 277 g/mol. The number of halogens is 1. The van der Waals surface area contributed by atoms with Gasteiger partial charge in [0.1, 0.15) is 6.07 Å². The van der Waals surface area contributed by atoms with E-state index in [-0.39, 0.29) is 0 Å². The van der Waals surface area contributed by atoms with Gasteiger partial charge >= 0.3 is 0 Å². The largest absolute Gasteiger partial charge is 0.198 e. The molecule has 0 saturated carbocycles. The highest BCUT2D eigenvalue weighted by molar-refractivity contribution is 9.10. The van der Waals surface area contributed by atoms with Gasteiger partial charge in [-0.1, -0.05) is 19.9 Å². The summed E-state index contributed by atoms with van der Waals surface area (Å²) in [6.07, 6.45) is 1.28. The van der Waals surface area contributed by atoms with Gasteiger partial charge in [-0.2, -0.15) is 10.5 Å². The van der Waals surface area contributed by atoms with Gasteiger partial charge < -0.3 is 0 Å². The van der Waals surface area contributed by atoms with E-state index in [4.69, 9.17) is 10.5 Å². The first-order valence-electron chi connectivity index (χ1n) is 5.17. The molecule has 3 heteroatoms. The third-order valence-corrected chi connectivity index (χ3v) is 3.25. The van der Waals surface area contributed by atoms with Crippen molar-refractivity contribution in [2.45, 2.75) is 26.7 Å². The summed E-state index contributed by atoms with van der Waals surface area (Å²) in [4.78, 5) is 0. The molecule has 0 aliphatic carbocycles. The van der Waals surface area contributed by atoms with Gasteiger partial charge in [-0.25, -0.2) is 0 Å². The van der Waals surface area contributed by atoms with E-state index in [0.29, 0.717) is 17.9 Å². The lowest BCUT2D eigenvalue weighted by atomic mass is 9.95. The molecule has 0 unspecified atom stereocenters. The van der Waals surface area contributed by atoms with Crippen molar-refractivity contribution in [3.05, 3.63) is 33.3 Å². The monoisotopic (exact) mass is 276 g/mol. The van der Waals surface area contributed by atoms with Crippen LogP contribution in [0.3, 0.4) is 0 Å². The Hall–Kier alpha value is -1.32. The molecule has 0 saturated heterocycles.